The molecule has 1 saturated heterocycles. The quantitative estimate of drug-likeness (QED) is 0.458. The van der Waals surface area contributed by atoms with Crippen molar-refractivity contribution in [2.75, 3.05) is 0 Å². The van der Waals surface area contributed by atoms with Gasteiger partial charge in [-0.3, -0.25) is 19.2 Å². The molecule has 0 saturated carbocycles. The first kappa shape index (κ1) is 20.9. The van der Waals surface area contributed by atoms with E-state index in [0.29, 0.717) is 6.42 Å². The maximum Gasteiger partial charge on any atom is 0.243 e. The molecule has 9 heteroatoms. The summed E-state index contributed by atoms with van der Waals surface area (Å²) in [6.07, 6.45) is 0.0768. The van der Waals surface area contributed by atoms with E-state index in [0.717, 1.165) is 5.56 Å². The van der Waals surface area contributed by atoms with Crippen LogP contribution >= 0.6 is 0 Å². The maximum absolute atomic E-state index is 12.3. The highest BCUT2D eigenvalue weighted by Crippen LogP contribution is 2.09. The van der Waals surface area contributed by atoms with Gasteiger partial charge in [-0.15, -0.1) is 0 Å². The van der Waals surface area contributed by atoms with E-state index in [2.05, 4.69) is 16.0 Å². The molecule has 2 rings (SSSR count). The molecular weight excluding hydrogens is 362 g/mol. The van der Waals surface area contributed by atoms with Gasteiger partial charge in [-0.05, 0) is 18.9 Å². The van der Waals surface area contributed by atoms with Crippen LogP contribution in [0.1, 0.15) is 25.3 Å². The minimum Gasteiger partial charge on any atom is -0.368 e. The number of nitrogens with zero attached hydrogens (tertiary/aromatic N) is 1. The van der Waals surface area contributed by atoms with Crippen molar-refractivity contribution in [2.24, 2.45) is 11.7 Å². The summed E-state index contributed by atoms with van der Waals surface area (Å²) in [5.74, 6) is -2.72. The molecule has 4 atom stereocenters. The normalized spacial score (nSPS) is 20.9. The minimum absolute atomic E-state index is 0.0694. The first-order valence-electron chi connectivity index (χ1n) is 8.93. The summed E-state index contributed by atoms with van der Waals surface area (Å²) in [5, 5.41) is 16.4. The predicted molar refractivity (Wildman–Crippen MR) is 99.1 cm³/mol. The van der Waals surface area contributed by atoms with Crippen molar-refractivity contribution in [3.05, 3.63) is 35.9 Å². The van der Waals surface area contributed by atoms with Crippen LogP contribution in [0.2, 0.25) is 0 Å². The van der Waals surface area contributed by atoms with Crippen molar-refractivity contribution in [3.8, 4) is 6.07 Å². The van der Waals surface area contributed by atoms with Gasteiger partial charge in [-0.1, -0.05) is 30.3 Å². The highest BCUT2D eigenvalue weighted by Gasteiger charge is 2.35. The molecule has 0 aromatic heterocycles. The molecule has 1 fully saturated rings. The third-order valence-corrected chi connectivity index (χ3v) is 4.43. The van der Waals surface area contributed by atoms with E-state index in [1.807, 2.05) is 36.4 Å². The number of hydrogen-bond donors (Lipinski definition) is 4. The Morgan fingerprint density at radius 1 is 1.18 bits per heavy atom. The van der Waals surface area contributed by atoms with E-state index >= 15 is 0 Å². The van der Waals surface area contributed by atoms with Crippen LogP contribution in [-0.4, -0.2) is 41.8 Å². The molecular formula is C19H23N5O4. The Labute approximate surface area is 162 Å². The molecule has 5 N–H and O–H groups in total. The van der Waals surface area contributed by atoms with Crippen LogP contribution < -0.4 is 21.7 Å². The molecule has 4 amide bonds. The summed E-state index contributed by atoms with van der Waals surface area (Å²) < 4.78 is 0. The van der Waals surface area contributed by atoms with Crippen molar-refractivity contribution >= 4 is 23.6 Å². The second kappa shape index (κ2) is 9.50. The molecule has 1 aliphatic rings. The predicted octanol–water partition coefficient (Wildman–Crippen LogP) is -0.878. The zero-order valence-corrected chi connectivity index (χ0v) is 15.5. The first-order valence-corrected chi connectivity index (χ1v) is 8.93. The number of nitrogens with two attached hydrogens (primary N) is 1. The number of amides is 4. The van der Waals surface area contributed by atoms with Gasteiger partial charge in [0.15, 0.2) is 0 Å². The number of benzene rings is 1. The zero-order chi connectivity index (χ0) is 20.7. The Bertz CT molecular complexity index is 789. The van der Waals surface area contributed by atoms with Gasteiger partial charge in [0.05, 0.1) is 12.5 Å². The van der Waals surface area contributed by atoms with Gasteiger partial charge in [0.1, 0.15) is 18.1 Å². The highest BCUT2D eigenvalue weighted by atomic mass is 16.2. The molecule has 28 heavy (non-hydrogen) atoms. The lowest BCUT2D eigenvalue weighted by Gasteiger charge is -2.29. The lowest BCUT2D eigenvalue weighted by Crippen LogP contribution is -2.63. The molecule has 0 radical (unpaired) electrons. The Hall–Kier alpha value is -3.41. The fourth-order valence-electron chi connectivity index (χ4n) is 2.90. The SMILES string of the molecule is C[C@@H](C#N)C[C@@H](NC(=O)C[C@@H]1NC(=O)[C@H](Cc2ccccc2)NC1=O)C(N)=O. The molecule has 1 aliphatic heterocycles. The Morgan fingerprint density at radius 2 is 1.79 bits per heavy atom. The van der Waals surface area contributed by atoms with Crippen molar-refractivity contribution in [1.29, 1.82) is 5.26 Å². The van der Waals surface area contributed by atoms with E-state index in [9.17, 15) is 19.2 Å². The van der Waals surface area contributed by atoms with Crippen molar-refractivity contribution in [2.45, 2.75) is 44.3 Å². The van der Waals surface area contributed by atoms with Gasteiger partial charge >= 0.3 is 0 Å². The van der Waals surface area contributed by atoms with Crippen LogP contribution in [0.4, 0.5) is 0 Å². The molecule has 0 aliphatic carbocycles. The number of carbonyl (C=O) groups is 4. The second-order valence-corrected chi connectivity index (χ2v) is 6.80. The van der Waals surface area contributed by atoms with E-state index in [1.165, 1.54) is 0 Å². The molecule has 0 spiro atoms. The average molecular weight is 385 g/mol. The highest BCUT2D eigenvalue weighted by molar-refractivity contribution is 5.99. The molecule has 1 aromatic carbocycles. The Balaban J connectivity index is 1.91. The van der Waals surface area contributed by atoms with E-state index in [1.54, 1.807) is 6.92 Å². The lowest BCUT2D eigenvalue weighted by molar-refractivity contribution is -0.138. The number of hydrogen-bond acceptors (Lipinski definition) is 5. The smallest absolute Gasteiger partial charge is 0.243 e. The third kappa shape index (κ3) is 5.81. The Morgan fingerprint density at radius 3 is 2.39 bits per heavy atom. The van der Waals surface area contributed by atoms with Crippen LogP contribution in [-0.2, 0) is 25.6 Å². The molecule has 1 heterocycles. The fraction of sp³-hybridized carbons (Fsp3) is 0.421. The first-order chi connectivity index (χ1) is 13.3. The number of carbonyl (C=O) groups excluding carboxylic acids is 4. The number of piperazine rings is 1. The molecule has 0 bridgehead atoms. The molecule has 1 aromatic rings. The fourth-order valence-corrected chi connectivity index (χ4v) is 2.90. The summed E-state index contributed by atoms with van der Waals surface area (Å²) in [6, 6.07) is 8.43. The summed E-state index contributed by atoms with van der Waals surface area (Å²) >= 11 is 0. The standard InChI is InChI=1S/C19H23N5O4/c1-11(10-20)7-13(17(21)26)22-16(25)9-15-19(28)23-14(18(27)24-15)8-12-5-3-2-4-6-12/h2-6,11,13-15H,7-9H2,1H3,(H2,21,26)(H,22,25)(H,23,28)(H,24,27)/t11-,13-,14+,15+/m1/s1. The lowest BCUT2D eigenvalue weighted by atomic mass is 10.00. The van der Waals surface area contributed by atoms with Crippen LogP contribution in [0.5, 0.6) is 0 Å². The average Bonchev–Trinajstić information content (AvgIpc) is 2.65. The topological polar surface area (TPSA) is 154 Å². The molecule has 0 unspecified atom stereocenters. The van der Waals surface area contributed by atoms with Gasteiger partial charge in [-0.2, -0.15) is 5.26 Å². The summed E-state index contributed by atoms with van der Waals surface area (Å²) in [5.41, 5.74) is 6.15. The van der Waals surface area contributed by atoms with Gasteiger partial charge < -0.3 is 21.7 Å². The van der Waals surface area contributed by atoms with Crippen molar-refractivity contribution < 1.29 is 19.2 Å². The van der Waals surface area contributed by atoms with Gasteiger partial charge in [-0.25, -0.2) is 0 Å². The van der Waals surface area contributed by atoms with Crippen LogP contribution in [0.3, 0.4) is 0 Å². The third-order valence-electron chi connectivity index (χ3n) is 4.43. The van der Waals surface area contributed by atoms with E-state index in [-0.39, 0.29) is 18.7 Å². The van der Waals surface area contributed by atoms with Crippen LogP contribution in [0.15, 0.2) is 30.3 Å². The van der Waals surface area contributed by atoms with Gasteiger partial charge in [0.25, 0.3) is 0 Å². The zero-order valence-electron chi connectivity index (χ0n) is 15.5. The van der Waals surface area contributed by atoms with E-state index < -0.39 is 41.8 Å². The second-order valence-electron chi connectivity index (χ2n) is 6.80. The number of primary amides is 1. The van der Waals surface area contributed by atoms with Crippen molar-refractivity contribution in [1.82, 2.24) is 16.0 Å². The van der Waals surface area contributed by atoms with Gasteiger partial charge in [0, 0.05) is 12.3 Å². The minimum atomic E-state index is -1.04. The summed E-state index contributed by atoms with van der Waals surface area (Å²) in [4.78, 5) is 48.2. The maximum atomic E-state index is 12.3. The van der Waals surface area contributed by atoms with Crippen molar-refractivity contribution in [3.63, 3.8) is 0 Å². The largest absolute Gasteiger partial charge is 0.368 e. The number of rotatable bonds is 8. The summed E-state index contributed by atoms with van der Waals surface area (Å²) in [7, 11) is 0. The Kier molecular flexibility index (Phi) is 7.09. The number of nitrogens with one attached hydrogen (secondary N) is 3. The van der Waals surface area contributed by atoms with E-state index in [4.69, 9.17) is 11.0 Å². The number of nitriles is 1. The van der Waals surface area contributed by atoms with Gasteiger partial charge in [0.2, 0.25) is 23.6 Å². The monoisotopic (exact) mass is 385 g/mol. The summed E-state index contributed by atoms with van der Waals surface area (Å²) in [6.45, 7) is 1.60. The van der Waals surface area contributed by atoms with Crippen LogP contribution in [0.25, 0.3) is 0 Å². The molecule has 9 nitrogen and oxygen atoms in total. The van der Waals surface area contributed by atoms with Crippen LogP contribution in [0, 0.1) is 17.2 Å². The molecule has 148 valence electrons.